The van der Waals surface area contributed by atoms with E-state index < -0.39 is 6.43 Å². The molecule has 1 aromatic heterocycles. The van der Waals surface area contributed by atoms with Gasteiger partial charge in [0.1, 0.15) is 5.69 Å². The van der Waals surface area contributed by atoms with Crippen LogP contribution in [0, 0.1) is 3.57 Å². The average Bonchev–Trinajstić information content (AvgIpc) is 1.88. The first kappa shape index (κ1) is 7.84. The lowest BCUT2D eigenvalue weighted by atomic mass is 10.4. The number of alkyl halides is 2. The molecule has 0 saturated carbocycles. The van der Waals surface area contributed by atoms with Crippen molar-refractivity contribution in [3.8, 4) is 0 Å². The van der Waals surface area contributed by atoms with Gasteiger partial charge < -0.3 is 0 Å². The van der Waals surface area contributed by atoms with E-state index in [0.717, 1.165) is 3.57 Å². The molecule has 0 radical (unpaired) electrons. The average molecular weight is 255 g/mol. The lowest BCUT2D eigenvalue weighted by molar-refractivity contribution is 0.146. The Balaban J connectivity index is 2.96. The molecular formula is C6H4F2IN. The van der Waals surface area contributed by atoms with Gasteiger partial charge in [-0.05, 0) is 34.7 Å². The van der Waals surface area contributed by atoms with Gasteiger partial charge in [0.2, 0.25) is 0 Å². The first-order valence-electron chi connectivity index (χ1n) is 2.60. The molecule has 4 heteroatoms. The van der Waals surface area contributed by atoms with Crippen LogP contribution in [0.2, 0.25) is 0 Å². The minimum atomic E-state index is -2.46. The molecule has 10 heavy (non-hydrogen) atoms. The maximum Gasteiger partial charge on any atom is 0.280 e. The van der Waals surface area contributed by atoms with Crippen molar-refractivity contribution in [2.75, 3.05) is 0 Å². The summed E-state index contributed by atoms with van der Waals surface area (Å²) < 4.78 is 24.5. The zero-order valence-corrected chi connectivity index (χ0v) is 7.05. The SMILES string of the molecule is FC(F)c1cc(I)ccn1. The summed E-state index contributed by atoms with van der Waals surface area (Å²) in [6, 6.07) is 3.04. The zero-order valence-electron chi connectivity index (χ0n) is 4.89. The molecule has 0 aromatic carbocycles. The number of pyridine rings is 1. The Hall–Kier alpha value is -0.260. The lowest BCUT2D eigenvalue weighted by Gasteiger charge is -1.96. The number of nitrogens with zero attached hydrogens (tertiary/aromatic N) is 1. The summed E-state index contributed by atoms with van der Waals surface area (Å²) in [5.41, 5.74) is -0.160. The Labute approximate surface area is 70.6 Å². The molecular weight excluding hydrogens is 251 g/mol. The van der Waals surface area contributed by atoms with E-state index in [0.29, 0.717) is 0 Å². The number of hydrogen-bond acceptors (Lipinski definition) is 1. The third-order valence-corrected chi connectivity index (χ3v) is 1.64. The molecule has 0 spiro atoms. The molecule has 0 aliphatic heterocycles. The summed E-state index contributed by atoms with van der Waals surface area (Å²) >= 11 is 1.97. The molecule has 0 saturated heterocycles. The second-order valence-corrected chi connectivity index (χ2v) is 2.95. The lowest BCUT2D eigenvalue weighted by Crippen LogP contribution is -1.88. The number of hydrogen-bond donors (Lipinski definition) is 0. The Morgan fingerprint density at radius 1 is 1.50 bits per heavy atom. The third kappa shape index (κ3) is 1.86. The fraction of sp³-hybridized carbons (Fsp3) is 0.167. The predicted octanol–water partition coefficient (Wildman–Crippen LogP) is 2.62. The van der Waals surface area contributed by atoms with Gasteiger partial charge in [-0.3, -0.25) is 4.98 Å². The highest BCUT2D eigenvalue weighted by Gasteiger charge is 2.07. The van der Waals surface area contributed by atoms with E-state index in [-0.39, 0.29) is 5.69 Å². The summed E-state index contributed by atoms with van der Waals surface area (Å²) in [7, 11) is 0. The van der Waals surface area contributed by atoms with Crippen molar-refractivity contribution in [3.63, 3.8) is 0 Å². The van der Waals surface area contributed by atoms with E-state index in [9.17, 15) is 8.78 Å². The highest BCUT2D eigenvalue weighted by atomic mass is 127. The molecule has 0 unspecified atom stereocenters. The van der Waals surface area contributed by atoms with Crippen LogP contribution in [0.4, 0.5) is 8.78 Å². The quantitative estimate of drug-likeness (QED) is 0.703. The highest BCUT2D eigenvalue weighted by Crippen LogP contribution is 2.17. The molecule has 1 aromatic rings. The maximum atomic E-state index is 11.9. The molecule has 1 heterocycles. The maximum absolute atomic E-state index is 11.9. The van der Waals surface area contributed by atoms with E-state index in [1.807, 2.05) is 22.6 Å². The van der Waals surface area contributed by atoms with Crippen LogP contribution in [0.1, 0.15) is 12.1 Å². The van der Waals surface area contributed by atoms with Crippen LogP contribution in [-0.2, 0) is 0 Å². The minimum Gasteiger partial charge on any atom is -0.255 e. The zero-order chi connectivity index (χ0) is 7.56. The minimum absolute atomic E-state index is 0.160. The van der Waals surface area contributed by atoms with E-state index in [1.165, 1.54) is 12.3 Å². The highest BCUT2D eigenvalue weighted by molar-refractivity contribution is 14.1. The molecule has 0 bridgehead atoms. The number of halogens is 3. The number of aromatic nitrogens is 1. The van der Waals surface area contributed by atoms with Gasteiger partial charge >= 0.3 is 0 Å². The van der Waals surface area contributed by atoms with Crippen LogP contribution in [0.15, 0.2) is 18.3 Å². The van der Waals surface area contributed by atoms with Crippen molar-refractivity contribution in [2.24, 2.45) is 0 Å². The van der Waals surface area contributed by atoms with Gasteiger partial charge in [-0.1, -0.05) is 0 Å². The van der Waals surface area contributed by atoms with Crippen LogP contribution in [0.25, 0.3) is 0 Å². The van der Waals surface area contributed by atoms with Gasteiger partial charge in [-0.15, -0.1) is 0 Å². The van der Waals surface area contributed by atoms with Crippen molar-refractivity contribution in [1.82, 2.24) is 4.98 Å². The monoisotopic (exact) mass is 255 g/mol. The summed E-state index contributed by atoms with van der Waals surface area (Å²) in [4.78, 5) is 3.48. The fourth-order valence-electron chi connectivity index (χ4n) is 0.541. The van der Waals surface area contributed by atoms with Crippen LogP contribution in [0.3, 0.4) is 0 Å². The van der Waals surface area contributed by atoms with Gasteiger partial charge in [0.15, 0.2) is 0 Å². The predicted molar refractivity (Wildman–Crippen MR) is 41.9 cm³/mol. The topological polar surface area (TPSA) is 12.9 Å². The van der Waals surface area contributed by atoms with Crippen molar-refractivity contribution in [2.45, 2.75) is 6.43 Å². The van der Waals surface area contributed by atoms with Gasteiger partial charge in [0.25, 0.3) is 6.43 Å². The van der Waals surface area contributed by atoms with Crippen LogP contribution in [0.5, 0.6) is 0 Å². The second-order valence-electron chi connectivity index (χ2n) is 1.70. The van der Waals surface area contributed by atoms with E-state index in [2.05, 4.69) is 4.98 Å². The van der Waals surface area contributed by atoms with Crippen LogP contribution >= 0.6 is 22.6 Å². The molecule has 1 nitrogen and oxygen atoms in total. The molecule has 0 aliphatic carbocycles. The molecule has 0 fully saturated rings. The van der Waals surface area contributed by atoms with Crippen LogP contribution < -0.4 is 0 Å². The molecule has 1 rings (SSSR count). The molecule has 0 N–H and O–H groups in total. The summed E-state index contributed by atoms with van der Waals surface area (Å²) in [5.74, 6) is 0. The van der Waals surface area contributed by atoms with Gasteiger partial charge in [-0.25, -0.2) is 8.78 Å². The smallest absolute Gasteiger partial charge is 0.255 e. The summed E-state index contributed by atoms with van der Waals surface area (Å²) in [6.45, 7) is 0. The standard InChI is InChI=1S/C6H4F2IN/c7-6(8)5-3-4(9)1-2-10-5/h1-3,6H. The number of rotatable bonds is 1. The third-order valence-electron chi connectivity index (χ3n) is 0.967. The van der Waals surface area contributed by atoms with Crippen LogP contribution in [-0.4, -0.2) is 4.98 Å². The van der Waals surface area contributed by atoms with Gasteiger partial charge in [-0.2, -0.15) is 0 Å². The van der Waals surface area contributed by atoms with E-state index >= 15 is 0 Å². The van der Waals surface area contributed by atoms with Gasteiger partial charge in [0, 0.05) is 9.77 Å². The van der Waals surface area contributed by atoms with E-state index in [4.69, 9.17) is 0 Å². The van der Waals surface area contributed by atoms with Crippen molar-refractivity contribution in [3.05, 3.63) is 27.6 Å². The summed E-state index contributed by atoms with van der Waals surface area (Å²) in [6.07, 6.45) is -1.08. The normalized spacial score (nSPS) is 10.4. The van der Waals surface area contributed by atoms with Crippen molar-refractivity contribution >= 4 is 22.6 Å². The molecule has 0 atom stereocenters. The fourth-order valence-corrected chi connectivity index (χ4v) is 1.02. The van der Waals surface area contributed by atoms with Crippen molar-refractivity contribution in [1.29, 1.82) is 0 Å². The Bertz CT molecular complexity index is 227. The first-order valence-corrected chi connectivity index (χ1v) is 3.67. The Morgan fingerprint density at radius 2 is 2.20 bits per heavy atom. The van der Waals surface area contributed by atoms with Gasteiger partial charge in [0.05, 0.1) is 0 Å². The largest absolute Gasteiger partial charge is 0.280 e. The Kier molecular flexibility index (Phi) is 2.53. The van der Waals surface area contributed by atoms with E-state index in [1.54, 1.807) is 6.07 Å². The Morgan fingerprint density at radius 3 is 2.60 bits per heavy atom. The van der Waals surface area contributed by atoms with Crippen molar-refractivity contribution < 1.29 is 8.78 Å². The first-order chi connectivity index (χ1) is 4.70. The second kappa shape index (κ2) is 3.23. The molecule has 0 amide bonds. The summed E-state index contributed by atoms with van der Waals surface area (Å²) in [5, 5.41) is 0. The molecule has 54 valence electrons. The molecule has 0 aliphatic rings.